The second-order valence-electron chi connectivity index (χ2n) is 5.27. The van der Waals surface area contributed by atoms with E-state index < -0.39 is 0 Å². The van der Waals surface area contributed by atoms with Gasteiger partial charge in [-0.3, -0.25) is 4.99 Å². The highest BCUT2D eigenvalue weighted by molar-refractivity contribution is 9.10. The lowest BCUT2D eigenvalue weighted by Gasteiger charge is -2.28. The molecular formula is C18H19BrN2O2. The van der Waals surface area contributed by atoms with Crippen LogP contribution in [0.1, 0.15) is 5.56 Å². The lowest BCUT2D eigenvalue weighted by atomic mass is 10.2. The van der Waals surface area contributed by atoms with Gasteiger partial charge in [-0.05, 0) is 64.0 Å². The van der Waals surface area contributed by atoms with Crippen molar-refractivity contribution in [3.63, 3.8) is 0 Å². The van der Waals surface area contributed by atoms with Gasteiger partial charge < -0.3 is 14.4 Å². The maximum absolute atomic E-state index is 5.38. The minimum Gasteiger partial charge on any atom is -0.496 e. The highest BCUT2D eigenvalue weighted by Crippen LogP contribution is 2.25. The maximum Gasteiger partial charge on any atom is 0.133 e. The topological polar surface area (TPSA) is 34.1 Å². The molecule has 5 heteroatoms. The molecule has 1 saturated heterocycles. The summed E-state index contributed by atoms with van der Waals surface area (Å²) in [5, 5.41) is 0. The van der Waals surface area contributed by atoms with Gasteiger partial charge in [-0.2, -0.15) is 0 Å². The minimum absolute atomic E-state index is 0.798. The van der Waals surface area contributed by atoms with Crippen molar-refractivity contribution in [3.8, 4) is 5.75 Å². The number of ether oxygens (including phenoxy) is 2. The van der Waals surface area contributed by atoms with Gasteiger partial charge in [0.25, 0.3) is 0 Å². The molecule has 1 aliphatic rings. The van der Waals surface area contributed by atoms with Crippen LogP contribution in [-0.2, 0) is 4.74 Å². The number of methoxy groups -OCH3 is 1. The predicted molar refractivity (Wildman–Crippen MR) is 97.4 cm³/mol. The smallest absolute Gasteiger partial charge is 0.133 e. The molecule has 0 bridgehead atoms. The fourth-order valence-corrected chi connectivity index (χ4v) is 3.04. The number of aliphatic imine (C=N–C) groups is 1. The predicted octanol–water partition coefficient (Wildman–Crippen LogP) is 4.04. The van der Waals surface area contributed by atoms with E-state index in [4.69, 9.17) is 9.47 Å². The first-order valence-electron chi connectivity index (χ1n) is 7.56. The lowest BCUT2D eigenvalue weighted by molar-refractivity contribution is 0.122. The van der Waals surface area contributed by atoms with E-state index in [0.717, 1.165) is 47.8 Å². The highest BCUT2D eigenvalue weighted by atomic mass is 79.9. The van der Waals surface area contributed by atoms with Gasteiger partial charge in [0.2, 0.25) is 0 Å². The molecule has 1 aliphatic heterocycles. The molecule has 0 aromatic heterocycles. The van der Waals surface area contributed by atoms with Crippen molar-refractivity contribution in [2.75, 3.05) is 38.3 Å². The molecule has 2 aromatic carbocycles. The van der Waals surface area contributed by atoms with Gasteiger partial charge in [0, 0.05) is 25.0 Å². The summed E-state index contributed by atoms with van der Waals surface area (Å²) in [5.41, 5.74) is 3.18. The second-order valence-corrected chi connectivity index (χ2v) is 6.12. The van der Waals surface area contributed by atoms with E-state index in [9.17, 15) is 0 Å². The largest absolute Gasteiger partial charge is 0.496 e. The summed E-state index contributed by atoms with van der Waals surface area (Å²) in [5.74, 6) is 0.817. The Balaban J connectivity index is 1.68. The maximum atomic E-state index is 5.38. The van der Waals surface area contributed by atoms with Crippen molar-refractivity contribution >= 4 is 33.5 Å². The Bertz CT molecular complexity index is 680. The number of halogens is 1. The van der Waals surface area contributed by atoms with Gasteiger partial charge in [-0.1, -0.05) is 0 Å². The number of anilines is 1. The molecule has 1 fully saturated rings. The van der Waals surface area contributed by atoms with E-state index in [1.54, 1.807) is 7.11 Å². The third-order valence-electron chi connectivity index (χ3n) is 3.76. The lowest BCUT2D eigenvalue weighted by Crippen LogP contribution is -2.36. The Labute approximate surface area is 144 Å². The molecule has 0 atom stereocenters. The zero-order chi connectivity index (χ0) is 16.1. The van der Waals surface area contributed by atoms with Gasteiger partial charge in [-0.15, -0.1) is 0 Å². The van der Waals surface area contributed by atoms with Crippen LogP contribution in [0.5, 0.6) is 5.75 Å². The van der Waals surface area contributed by atoms with Crippen LogP contribution in [0.25, 0.3) is 0 Å². The number of nitrogens with zero attached hydrogens (tertiary/aromatic N) is 2. The van der Waals surface area contributed by atoms with Gasteiger partial charge in [-0.25, -0.2) is 0 Å². The first-order valence-corrected chi connectivity index (χ1v) is 8.36. The molecule has 2 aromatic rings. The van der Waals surface area contributed by atoms with Crippen molar-refractivity contribution in [2.45, 2.75) is 0 Å². The molecule has 0 amide bonds. The van der Waals surface area contributed by atoms with Crippen LogP contribution in [0.2, 0.25) is 0 Å². The Morgan fingerprint density at radius 2 is 1.87 bits per heavy atom. The highest BCUT2D eigenvalue weighted by Gasteiger charge is 2.10. The molecule has 4 nitrogen and oxygen atoms in total. The van der Waals surface area contributed by atoms with Crippen molar-refractivity contribution in [3.05, 3.63) is 52.5 Å². The number of benzene rings is 2. The van der Waals surface area contributed by atoms with Crippen molar-refractivity contribution in [1.82, 2.24) is 0 Å². The summed E-state index contributed by atoms with van der Waals surface area (Å²) in [6.45, 7) is 3.49. The van der Waals surface area contributed by atoms with Gasteiger partial charge in [0.1, 0.15) is 5.75 Å². The summed E-state index contributed by atoms with van der Waals surface area (Å²) in [7, 11) is 1.66. The zero-order valence-electron chi connectivity index (χ0n) is 13.0. The van der Waals surface area contributed by atoms with Crippen LogP contribution < -0.4 is 9.64 Å². The molecule has 23 heavy (non-hydrogen) atoms. The van der Waals surface area contributed by atoms with Gasteiger partial charge in [0.05, 0.1) is 30.5 Å². The van der Waals surface area contributed by atoms with Crippen molar-refractivity contribution < 1.29 is 9.47 Å². The average molecular weight is 375 g/mol. The van der Waals surface area contributed by atoms with Crippen LogP contribution in [0.15, 0.2) is 51.9 Å². The summed E-state index contributed by atoms with van der Waals surface area (Å²) in [6.07, 6.45) is 1.86. The Morgan fingerprint density at radius 3 is 2.52 bits per heavy atom. The van der Waals surface area contributed by atoms with Crippen LogP contribution in [0, 0.1) is 0 Å². The number of hydrogen-bond acceptors (Lipinski definition) is 4. The van der Waals surface area contributed by atoms with Crippen molar-refractivity contribution in [1.29, 1.82) is 0 Å². The van der Waals surface area contributed by atoms with Gasteiger partial charge in [0.15, 0.2) is 0 Å². The monoisotopic (exact) mass is 374 g/mol. The molecule has 0 radical (unpaired) electrons. The summed E-state index contributed by atoms with van der Waals surface area (Å²) in [6, 6.07) is 14.2. The Morgan fingerprint density at radius 1 is 1.13 bits per heavy atom. The van der Waals surface area contributed by atoms with E-state index in [1.807, 2.05) is 36.5 Å². The first kappa shape index (κ1) is 16.0. The Hall–Kier alpha value is -1.85. The fraction of sp³-hybridized carbons (Fsp3) is 0.278. The first-order chi connectivity index (χ1) is 11.3. The third kappa shape index (κ3) is 4.12. The molecule has 0 spiro atoms. The van der Waals surface area contributed by atoms with Crippen LogP contribution in [-0.4, -0.2) is 39.6 Å². The van der Waals surface area contributed by atoms with Gasteiger partial charge >= 0.3 is 0 Å². The summed E-state index contributed by atoms with van der Waals surface area (Å²) < 4.78 is 11.5. The molecule has 0 saturated carbocycles. The zero-order valence-corrected chi connectivity index (χ0v) is 14.6. The standard InChI is InChI=1S/C18H19BrN2O2/c1-22-18-7-2-14(12-17(18)19)13-20-15-3-5-16(6-4-15)21-8-10-23-11-9-21/h2-7,12-13H,8-11H2,1H3. The third-order valence-corrected chi connectivity index (χ3v) is 4.38. The fourth-order valence-electron chi connectivity index (χ4n) is 2.48. The molecule has 1 heterocycles. The second kappa shape index (κ2) is 7.62. The van der Waals surface area contributed by atoms with E-state index >= 15 is 0 Å². The number of hydrogen-bond donors (Lipinski definition) is 0. The SMILES string of the molecule is COc1ccc(C=Nc2ccc(N3CCOCC3)cc2)cc1Br. The van der Waals surface area contributed by atoms with Crippen LogP contribution in [0.3, 0.4) is 0 Å². The quantitative estimate of drug-likeness (QED) is 0.757. The summed E-state index contributed by atoms with van der Waals surface area (Å²) >= 11 is 3.48. The Kier molecular flexibility index (Phi) is 5.31. The van der Waals surface area contributed by atoms with E-state index in [1.165, 1.54) is 5.69 Å². The molecule has 120 valence electrons. The van der Waals surface area contributed by atoms with E-state index in [0.29, 0.717) is 0 Å². The van der Waals surface area contributed by atoms with Crippen LogP contribution in [0.4, 0.5) is 11.4 Å². The summed E-state index contributed by atoms with van der Waals surface area (Å²) in [4.78, 5) is 6.86. The van der Waals surface area contributed by atoms with E-state index in [2.05, 4.69) is 38.0 Å². The number of morpholine rings is 1. The normalized spacial score (nSPS) is 15.1. The number of rotatable bonds is 4. The molecule has 0 aliphatic carbocycles. The van der Waals surface area contributed by atoms with E-state index in [-0.39, 0.29) is 0 Å². The average Bonchev–Trinajstić information content (AvgIpc) is 2.61. The molecule has 3 rings (SSSR count). The molecular weight excluding hydrogens is 356 g/mol. The minimum atomic E-state index is 0.798. The molecule has 0 unspecified atom stereocenters. The van der Waals surface area contributed by atoms with Crippen molar-refractivity contribution in [2.24, 2.45) is 4.99 Å². The van der Waals surface area contributed by atoms with Crippen LogP contribution >= 0.6 is 15.9 Å². The molecule has 0 N–H and O–H groups in total.